The summed E-state index contributed by atoms with van der Waals surface area (Å²) in [5.41, 5.74) is 1.52. The number of nitrogens with zero attached hydrogens (tertiary/aromatic N) is 3. The van der Waals surface area contributed by atoms with Gasteiger partial charge in [-0.2, -0.15) is 5.26 Å². The predicted octanol–water partition coefficient (Wildman–Crippen LogP) is 2.60. The molecule has 0 N–H and O–H groups in total. The van der Waals surface area contributed by atoms with Crippen molar-refractivity contribution in [3.63, 3.8) is 0 Å². The van der Waals surface area contributed by atoms with E-state index in [1.165, 1.54) is 0 Å². The Balaban J connectivity index is 2.73. The fourth-order valence-corrected chi connectivity index (χ4v) is 2.97. The molecule has 0 aromatic heterocycles. The Morgan fingerprint density at radius 3 is 2.67 bits per heavy atom. The summed E-state index contributed by atoms with van der Waals surface area (Å²) in [6, 6.07) is 7.38. The van der Waals surface area contributed by atoms with Crippen LogP contribution in [0.4, 0.5) is 0 Å². The summed E-state index contributed by atoms with van der Waals surface area (Å²) >= 11 is 0. The van der Waals surface area contributed by atoms with Crippen LogP contribution in [0.1, 0.15) is 37.8 Å². The van der Waals surface area contributed by atoms with Crippen molar-refractivity contribution in [1.29, 1.82) is 5.26 Å². The van der Waals surface area contributed by atoms with Crippen LogP contribution in [0.15, 0.2) is 40.5 Å². The van der Waals surface area contributed by atoms with Gasteiger partial charge in [-0.15, -0.1) is 0 Å². The van der Waals surface area contributed by atoms with Crippen LogP contribution in [0.25, 0.3) is 0 Å². The van der Waals surface area contributed by atoms with E-state index in [1.807, 2.05) is 6.07 Å². The lowest BCUT2D eigenvalue weighted by Gasteiger charge is -2.28. The molecule has 1 aliphatic heterocycles. The number of ether oxygens (including phenoxy) is 1. The Morgan fingerprint density at radius 2 is 2.08 bits per heavy atom. The van der Waals surface area contributed by atoms with Crippen molar-refractivity contribution in [2.24, 2.45) is 4.99 Å². The number of carbonyl (C=O) groups is 1. The standard InChI is InChI=1S/C17H17N3O4/c1-4-24-17(21)14-10(2)19-11(3)16(20(22)23)15(14)13-8-6-5-7-12(13)9-18/h5-8,15-16H,4H2,1-3H3. The Hall–Kier alpha value is -3.01. The number of carbonyl (C=O) groups excluding carboxylic acids is 1. The Morgan fingerprint density at radius 1 is 1.42 bits per heavy atom. The molecule has 7 heteroatoms. The van der Waals surface area contributed by atoms with Gasteiger partial charge in [-0.3, -0.25) is 15.1 Å². The quantitative estimate of drug-likeness (QED) is 0.480. The second-order valence-corrected chi connectivity index (χ2v) is 5.38. The fourth-order valence-electron chi connectivity index (χ4n) is 2.97. The van der Waals surface area contributed by atoms with Gasteiger partial charge in [0.1, 0.15) is 0 Å². The first-order valence-corrected chi connectivity index (χ1v) is 7.47. The summed E-state index contributed by atoms with van der Waals surface area (Å²) < 4.78 is 5.07. The molecule has 0 spiro atoms. The highest BCUT2D eigenvalue weighted by Crippen LogP contribution is 2.38. The Bertz CT molecular complexity index is 789. The smallest absolute Gasteiger partial charge is 0.336 e. The maximum Gasteiger partial charge on any atom is 0.336 e. The predicted molar refractivity (Wildman–Crippen MR) is 87.1 cm³/mol. The first-order valence-electron chi connectivity index (χ1n) is 7.47. The highest BCUT2D eigenvalue weighted by Gasteiger charge is 2.45. The molecule has 1 aromatic carbocycles. The summed E-state index contributed by atoms with van der Waals surface area (Å²) in [6.07, 6.45) is 0. The molecule has 2 rings (SSSR count). The lowest BCUT2D eigenvalue weighted by molar-refractivity contribution is -0.505. The minimum Gasteiger partial charge on any atom is -0.463 e. The van der Waals surface area contributed by atoms with Gasteiger partial charge in [-0.1, -0.05) is 18.2 Å². The highest BCUT2D eigenvalue weighted by atomic mass is 16.6. The largest absolute Gasteiger partial charge is 0.463 e. The van der Waals surface area contributed by atoms with Crippen molar-refractivity contribution in [2.75, 3.05) is 6.61 Å². The third-order valence-corrected chi connectivity index (χ3v) is 3.93. The third-order valence-electron chi connectivity index (χ3n) is 3.93. The molecule has 24 heavy (non-hydrogen) atoms. The average molecular weight is 327 g/mol. The van der Waals surface area contributed by atoms with Crippen LogP contribution < -0.4 is 0 Å². The van der Waals surface area contributed by atoms with Gasteiger partial charge in [0.25, 0.3) is 6.04 Å². The van der Waals surface area contributed by atoms with E-state index < -0.39 is 22.9 Å². The van der Waals surface area contributed by atoms with Gasteiger partial charge < -0.3 is 4.74 Å². The molecule has 1 heterocycles. The van der Waals surface area contributed by atoms with E-state index in [0.29, 0.717) is 22.5 Å². The molecule has 0 saturated heterocycles. The SMILES string of the molecule is CCOC(=O)C1=C(C)N=C(C)C([N+](=O)[O-])C1c1ccccc1C#N. The minimum absolute atomic E-state index is 0.131. The number of nitro groups is 1. The average Bonchev–Trinajstić information content (AvgIpc) is 2.53. The van der Waals surface area contributed by atoms with Gasteiger partial charge in [-0.05, 0) is 32.4 Å². The molecular weight excluding hydrogens is 310 g/mol. The topological polar surface area (TPSA) is 106 Å². The molecule has 0 bridgehead atoms. The number of rotatable bonds is 4. The molecule has 0 amide bonds. The van der Waals surface area contributed by atoms with Crippen LogP contribution in [-0.4, -0.2) is 29.3 Å². The number of hydrogen-bond acceptors (Lipinski definition) is 6. The van der Waals surface area contributed by atoms with Crippen molar-refractivity contribution in [3.05, 3.63) is 56.8 Å². The highest BCUT2D eigenvalue weighted by molar-refractivity contribution is 5.98. The monoisotopic (exact) mass is 327 g/mol. The molecule has 7 nitrogen and oxygen atoms in total. The molecule has 0 saturated carbocycles. The van der Waals surface area contributed by atoms with E-state index in [2.05, 4.69) is 4.99 Å². The van der Waals surface area contributed by atoms with Crippen LogP contribution in [0.3, 0.4) is 0 Å². The molecule has 2 atom stereocenters. The number of nitriles is 1. The summed E-state index contributed by atoms with van der Waals surface area (Å²) in [4.78, 5) is 27.8. The Labute approximate surface area is 139 Å². The van der Waals surface area contributed by atoms with Crippen LogP contribution >= 0.6 is 0 Å². The van der Waals surface area contributed by atoms with Gasteiger partial charge >= 0.3 is 5.97 Å². The molecule has 0 fully saturated rings. The summed E-state index contributed by atoms with van der Waals surface area (Å²) in [7, 11) is 0. The summed E-state index contributed by atoms with van der Waals surface area (Å²) in [6.45, 7) is 4.98. The first kappa shape index (κ1) is 17.3. The zero-order chi connectivity index (χ0) is 17.9. The molecular formula is C17H17N3O4. The van der Waals surface area contributed by atoms with Crippen LogP contribution in [-0.2, 0) is 9.53 Å². The van der Waals surface area contributed by atoms with E-state index in [9.17, 15) is 20.2 Å². The third kappa shape index (κ3) is 3.04. The minimum atomic E-state index is -1.22. The number of allylic oxidation sites excluding steroid dienone is 1. The number of aliphatic imine (C=N–C) groups is 1. The van der Waals surface area contributed by atoms with Crippen molar-refractivity contribution in [2.45, 2.75) is 32.7 Å². The van der Waals surface area contributed by atoms with Crippen LogP contribution in [0.5, 0.6) is 0 Å². The van der Waals surface area contributed by atoms with Crippen molar-refractivity contribution < 1.29 is 14.5 Å². The maximum absolute atomic E-state index is 12.4. The van der Waals surface area contributed by atoms with E-state index in [1.54, 1.807) is 45.0 Å². The molecule has 1 aromatic rings. The second kappa shape index (κ2) is 7.04. The molecule has 0 aliphatic carbocycles. The van der Waals surface area contributed by atoms with Gasteiger partial charge in [0.15, 0.2) is 0 Å². The summed E-state index contributed by atoms with van der Waals surface area (Å²) in [5, 5.41) is 21.0. The van der Waals surface area contributed by atoms with E-state index in [0.717, 1.165) is 0 Å². The second-order valence-electron chi connectivity index (χ2n) is 5.38. The van der Waals surface area contributed by atoms with Gasteiger partial charge in [-0.25, -0.2) is 4.79 Å². The summed E-state index contributed by atoms with van der Waals surface area (Å²) in [5.74, 6) is -1.55. The zero-order valence-corrected chi connectivity index (χ0v) is 13.6. The number of esters is 1. The fraction of sp³-hybridized carbons (Fsp3) is 0.353. The van der Waals surface area contributed by atoms with E-state index in [-0.39, 0.29) is 12.2 Å². The van der Waals surface area contributed by atoms with Crippen molar-refractivity contribution in [3.8, 4) is 6.07 Å². The van der Waals surface area contributed by atoms with Crippen LogP contribution in [0.2, 0.25) is 0 Å². The van der Waals surface area contributed by atoms with E-state index in [4.69, 9.17) is 4.74 Å². The van der Waals surface area contributed by atoms with Crippen molar-refractivity contribution in [1.82, 2.24) is 0 Å². The Kier molecular flexibility index (Phi) is 5.09. The van der Waals surface area contributed by atoms with Gasteiger partial charge in [0.05, 0.1) is 35.4 Å². The number of benzene rings is 1. The van der Waals surface area contributed by atoms with Gasteiger partial charge in [0, 0.05) is 10.6 Å². The number of hydrogen-bond donors (Lipinski definition) is 0. The molecule has 0 radical (unpaired) electrons. The molecule has 2 unspecified atom stereocenters. The molecule has 124 valence electrons. The lowest BCUT2D eigenvalue weighted by atomic mass is 9.78. The zero-order valence-electron chi connectivity index (χ0n) is 13.6. The lowest BCUT2D eigenvalue weighted by Crippen LogP contribution is -2.40. The first-order chi connectivity index (χ1) is 11.4. The van der Waals surface area contributed by atoms with Crippen LogP contribution in [0, 0.1) is 21.4 Å². The van der Waals surface area contributed by atoms with Crippen molar-refractivity contribution >= 4 is 11.7 Å². The van der Waals surface area contributed by atoms with E-state index >= 15 is 0 Å². The normalized spacial score (nSPS) is 20.2. The maximum atomic E-state index is 12.4. The van der Waals surface area contributed by atoms with Gasteiger partial charge in [0.2, 0.25) is 0 Å². The molecule has 1 aliphatic rings.